The van der Waals surface area contributed by atoms with Crippen LogP contribution in [-0.2, 0) is 5.41 Å². The van der Waals surface area contributed by atoms with E-state index in [-0.39, 0.29) is 5.41 Å². The summed E-state index contributed by atoms with van der Waals surface area (Å²) in [6.07, 6.45) is 0. The quantitative estimate of drug-likeness (QED) is 0.145. The first-order valence-electron chi connectivity index (χ1n) is 23.0. The second-order valence-electron chi connectivity index (χ2n) is 18.5. The summed E-state index contributed by atoms with van der Waals surface area (Å²) in [6.45, 7) is 6.81. The van der Waals surface area contributed by atoms with E-state index in [0.29, 0.717) is 0 Å². The Kier molecular flexibility index (Phi) is 9.43. The largest absolute Gasteiger partial charge is 0.310 e. The molecule has 0 aliphatic carbocycles. The molecule has 2 heteroatoms. The van der Waals surface area contributed by atoms with Crippen LogP contribution in [0.3, 0.4) is 0 Å². The SMILES string of the molecule is CC(C)(C)c1ccc(-n2c3ccccc3c3cc(N(c4ccc(-c5cccc6ccccc56)cc4)c4ccc(-c5c6ccccc6c(-c6ccccc6)c6ccccc56)cc4)ccc32)cc1. The molecular weight excluding hydrogens is 797 g/mol. The molecule has 0 saturated carbocycles. The summed E-state index contributed by atoms with van der Waals surface area (Å²) in [5.74, 6) is 0. The fraction of sp³-hybridized carbons (Fsp3) is 0.0625. The molecule has 11 aromatic carbocycles. The topological polar surface area (TPSA) is 8.17 Å². The summed E-state index contributed by atoms with van der Waals surface area (Å²) in [6, 6.07) is 87.0. The van der Waals surface area contributed by atoms with Gasteiger partial charge >= 0.3 is 0 Å². The van der Waals surface area contributed by atoms with Gasteiger partial charge in [0, 0.05) is 33.5 Å². The van der Waals surface area contributed by atoms with E-state index in [1.807, 2.05) is 0 Å². The number of aromatic nitrogens is 1. The lowest BCUT2D eigenvalue weighted by Gasteiger charge is -2.26. The van der Waals surface area contributed by atoms with Crippen molar-refractivity contribution < 1.29 is 0 Å². The summed E-state index contributed by atoms with van der Waals surface area (Å²) in [7, 11) is 0. The molecule has 1 heterocycles. The van der Waals surface area contributed by atoms with Crippen LogP contribution in [0.15, 0.2) is 237 Å². The highest BCUT2D eigenvalue weighted by Crippen LogP contribution is 2.46. The number of hydrogen-bond donors (Lipinski definition) is 0. The van der Waals surface area contributed by atoms with Crippen molar-refractivity contribution in [3.63, 3.8) is 0 Å². The van der Waals surface area contributed by atoms with E-state index in [0.717, 1.165) is 22.7 Å². The Balaban J connectivity index is 1.02. The Morgan fingerprint density at radius 3 is 1.41 bits per heavy atom. The monoisotopic (exact) mass is 844 g/mol. The number of hydrogen-bond acceptors (Lipinski definition) is 1. The first-order chi connectivity index (χ1) is 32.4. The van der Waals surface area contributed by atoms with E-state index in [4.69, 9.17) is 0 Å². The normalized spacial score (nSPS) is 11.9. The number of nitrogens with zero attached hydrogens (tertiary/aromatic N) is 2. The van der Waals surface area contributed by atoms with Crippen molar-refractivity contribution in [1.82, 2.24) is 4.57 Å². The van der Waals surface area contributed by atoms with Crippen molar-refractivity contribution in [2.45, 2.75) is 26.2 Å². The average molecular weight is 845 g/mol. The molecule has 0 amide bonds. The zero-order valence-corrected chi connectivity index (χ0v) is 37.4. The van der Waals surface area contributed by atoms with Crippen molar-refractivity contribution in [3.05, 3.63) is 242 Å². The van der Waals surface area contributed by atoms with Gasteiger partial charge in [-0.15, -0.1) is 0 Å². The maximum atomic E-state index is 2.41. The van der Waals surface area contributed by atoms with Crippen molar-refractivity contribution in [3.8, 4) is 39.1 Å². The van der Waals surface area contributed by atoms with Gasteiger partial charge in [-0.2, -0.15) is 0 Å². The second kappa shape index (κ2) is 15.8. The molecule has 0 N–H and O–H groups in total. The number of rotatable bonds is 7. The van der Waals surface area contributed by atoms with Gasteiger partial charge in [0.25, 0.3) is 0 Å². The van der Waals surface area contributed by atoms with Crippen LogP contribution in [-0.4, -0.2) is 4.57 Å². The fourth-order valence-electron chi connectivity index (χ4n) is 10.3. The highest BCUT2D eigenvalue weighted by atomic mass is 15.1. The predicted octanol–water partition coefficient (Wildman–Crippen LogP) is 18.0. The molecule has 1 aromatic heterocycles. The molecule has 0 fully saturated rings. The molecule has 0 aliphatic heterocycles. The highest BCUT2D eigenvalue weighted by molar-refractivity contribution is 6.21. The summed E-state index contributed by atoms with van der Waals surface area (Å²) in [4.78, 5) is 2.41. The Hall–Kier alpha value is -8.20. The molecule has 0 spiro atoms. The zero-order valence-electron chi connectivity index (χ0n) is 37.4. The molecule has 0 unspecified atom stereocenters. The molecule has 12 rings (SSSR count). The summed E-state index contributed by atoms with van der Waals surface area (Å²) < 4.78 is 2.41. The third-order valence-electron chi connectivity index (χ3n) is 13.5. The van der Waals surface area contributed by atoms with Crippen LogP contribution in [0.4, 0.5) is 17.1 Å². The molecule has 0 atom stereocenters. The van der Waals surface area contributed by atoms with Crippen LogP contribution in [0.25, 0.3) is 93.2 Å². The third kappa shape index (κ3) is 6.64. The molecule has 12 aromatic rings. The lowest BCUT2D eigenvalue weighted by Crippen LogP contribution is -2.11. The van der Waals surface area contributed by atoms with E-state index in [1.165, 1.54) is 93.1 Å². The number of anilines is 3. The van der Waals surface area contributed by atoms with E-state index < -0.39 is 0 Å². The van der Waals surface area contributed by atoms with Crippen molar-refractivity contribution >= 4 is 71.2 Å². The van der Waals surface area contributed by atoms with Crippen LogP contribution in [0, 0.1) is 0 Å². The van der Waals surface area contributed by atoms with Gasteiger partial charge < -0.3 is 9.47 Å². The van der Waals surface area contributed by atoms with Crippen LogP contribution in [0.2, 0.25) is 0 Å². The van der Waals surface area contributed by atoms with E-state index >= 15 is 0 Å². The van der Waals surface area contributed by atoms with Gasteiger partial charge in [0.15, 0.2) is 0 Å². The van der Waals surface area contributed by atoms with Crippen LogP contribution in [0.5, 0.6) is 0 Å². The van der Waals surface area contributed by atoms with Crippen molar-refractivity contribution in [1.29, 1.82) is 0 Å². The van der Waals surface area contributed by atoms with Crippen molar-refractivity contribution in [2.24, 2.45) is 0 Å². The Morgan fingerprint density at radius 2 is 0.803 bits per heavy atom. The fourth-order valence-corrected chi connectivity index (χ4v) is 10.3. The maximum absolute atomic E-state index is 2.41. The van der Waals surface area contributed by atoms with Gasteiger partial charge in [0.2, 0.25) is 0 Å². The minimum atomic E-state index is 0.0809. The Bertz CT molecular complexity index is 3700. The van der Waals surface area contributed by atoms with Crippen LogP contribution < -0.4 is 4.90 Å². The van der Waals surface area contributed by atoms with Gasteiger partial charge in [0.1, 0.15) is 0 Å². The van der Waals surface area contributed by atoms with Gasteiger partial charge in [-0.25, -0.2) is 0 Å². The second-order valence-corrected chi connectivity index (χ2v) is 18.5. The number of fused-ring (bicyclic) bond motifs is 6. The molecule has 0 saturated heterocycles. The minimum Gasteiger partial charge on any atom is -0.310 e. The molecular formula is C64H48N2. The smallest absolute Gasteiger partial charge is 0.0542 e. The first-order valence-corrected chi connectivity index (χ1v) is 23.0. The summed E-state index contributed by atoms with van der Waals surface area (Å²) in [5.41, 5.74) is 15.6. The molecule has 2 nitrogen and oxygen atoms in total. The van der Waals surface area contributed by atoms with Gasteiger partial charge in [-0.1, -0.05) is 197 Å². The molecule has 314 valence electrons. The van der Waals surface area contributed by atoms with Crippen molar-refractivity contribution in [2.75, 3.05) is 4.90 Å². The van der Waals surface area contributed by atoms with Gasteiger partial charge in [-0.3, -0.25) is 0 Å². The van der Waals surface area contributed by atoms with Gasteiger partial charge in [0.05, 0.1) is 11.0 Å². The van der Waals surface area contributed by atoms with E-state index in [2.05, 4.69) is 267 Å². The molecule has 0 bridgehead atoms. The first kappa shape index (κ1) is 39.4. The Labute approximate surface area is 386 Å². The standard InChI is InChI=1S/C64H48N2/c1-64(2,3)47-32-38-50(39-33-47)66-60-27-14-13-21-54(60)59-42-51(40-41-61(59)66)65(48-34-28-44(29-35-48)53-26-15-19-43-16-7-8-20-52(43)53)49-36-30-46(31-37-49)63-57-24-11-9-22-55(57)62(45-17-5-4-6-18-45)56-23-10-12-25-58(56)63/h4-42H,1-3H3. The number of para-hydroxylation sites is 1. The van der Waals surface area contributed by atoms with Crippen LogP contribution >= 0.6 is 0 Å². The van der Waals surface area contributed by atoms with E-state index in [1.54, 1.807) is 0 Å². The summed E-state index contributed by atoms with van der Waals surface area (Å²) >= 11 is 0. The molecule has 0 radical (unpaired) electrons. The number of benzene rings is 11. The Morgan fingerprint density at radius 1 is 0.333 bits per heavy atom. The lowest BCUT2D eigenvalue weighted by molar-refractivity contribution is 0.590. The highest BCUT2D eigenvalue weighted by Gasteiger charge is 2.21. The van der Waals surface area contributed by atoms with E-state index in [9.17, 15) is 0 Å². The molecule has 0 aliphatic rings. The lowest BCUT2D eigenvalue weighted by atomic mass is 9.86. The minimum absolute atomic E-state index is 0.0809. The third-order valence-corrected chi connectivity index (χ3v) is 13.5. The predicted molar refractivity (Wildman–Crippen MR) is 283 cm³/mol. The average Bonchev–Trinajstić information content (AvgIpc) is 3.70. The maximum Gasteiger partial charge on any atom is 0.0542 e. The summed E-state index contributed by atoms with van der Waals surface area (Å²) in [5, 5.41) is 9.96. The zero-order chi connectivity index (χ0) is 44.4. The van der Waals surface area contributed by atoms with Crippen LogP contribution in [0.1, 0.15) is 26.3 Å². The van der Waals surface area contributed by atoms with Gasteiger partial charge in [-0.05, 0) is 137 Å². The molecule has 66 heavy (non-hydrogen) atoms.